The fraction of sp³-hybridized carbons (Fsp3) is 0.343. The predicted molar refractivity (Wildman–Crippen MR) is 174 cm³/mol. The van der Waals surface area contributed by atoms with E-state index in [0.717, 1.165) is 54.4 Å². The molecule has 1 fully saturated rings. The lowest BCUT2D eigenvalue weighted by Gasteiger charge is -2.27. The maximum Gasteiger partial charge on any atom is 0.254 e. The number of carbonyl (C=O) groups is 2. The summed E-state index contributed by atoms with van der Waals surface area (Å²) in [5.41, 5.74) is 8.91. The molecule has 1 atom stereocenters. The van der Waals surface area contributed by atoms with Crippen molar-refractivity contribution in [3.05, 3.63) is 89.6 Å². The standard InChI is InChI=1S/C35H41N5O4/c1-4-43-31-21-25(12-15-30(31)44-23(2)3)32(39-27-13-14-28-24(20-27)16-17-37-33(28)36)34(41)38-22-26-10-6-7-11-29(26)35(42)40-18-8-5-9-19-40/h6-7,10-17,20-21,23,32,39H,4-5,8-9,18-19,22H2,1-3H3,(H2,36,37)(H,38,41). The number of piperidine rings is 1. The number of nitrogens with one attached hydrogen (secondary N) is 2. The summed E-state index contributed by atoms with van der Waals surface area (Å²) in [4.78, 5) is 33.4. The Hall–Kier alpha value is -4.79. The Balaban J connectivity index is 1.44. The average molecular weight is 596 g/mol. The lowest BCUT2D eigenvalue weighted by Crippen LogP contribution is -2.37. The number of ether oxygens (including phenoxy) is 2. The van der Waals surface area contributed by atoms with Gasteiger partial charge in [-0.3, -0.25) is 9.59 Å². The third-order valence-electron chi connectivity index (χ3n) is 7.68. The first-order chi connectivity index (χ1) is 21.3. The first kappa shape index (κ1) is 30.7. The third-order valence-corrected chi connectivity index (χ3v) is 7.68. The quantitative estimate of drug-likeness (QED) is 0.192. The number of aromatic nitrogens is 1. The molecule has 9 heteroatoms. The second-order valence-corrected chi connectivity index (χ2v) is 11.2. The SMILES string of the molecule is CCOc1cc(C(Nc2ccc3c(N)nccc3c2)C(=O)NCc2ccccc2C(=O)N2CCCCC2)ccc1OC(C)C. The molecule has 0 saturated carbocycles. The van der Waals surface area contributed by atoms with E-state index in [1.165, 1.54) is 0 Å². The number of fused-ring (bicyclic) bond motifs is 1. The summed E-state index contributed by atoms with van der Waals surface area (Å²) in [6, 6.07) is 19.9. The molecule has 44 heavy (non-hydrogen) atoms. The van der Waals surface area contributed by atoms with Gasteiger partial charge in [0.25, 0.3) is 5.91 Å². The number of carbonyl (C=O) groups excluding carboxylic acids is 2. The van der Waals surface area contributed by atoms with Gasteiger partial charge in [-0.25, -0.2) is 4.98 Å². The van der Waals surface area contributed by atoms with Crippen LogP contribution in [0.1, 0.15) is 67.6 Å². The van der Waals surface area contributed by atoms with E-state index >= 15 is 0 Å². The summed E-state index contributed by atoms with van der Waals surface area (Å²) in [5.74, 6) is 1.38. The van der Waals surface area contributed by atoms with Gasteiger partial charge >= 0.3 is 0 Å². The van der Waals surface area contributed by atoms with Gasteiger partial charge in [-0.05, 0) is 99.0 Å². The maximum atomic E-state index is 14.0. The summed E-state index contributed by atoms with van der Waals surface area (Å²) in [5, 5.41) is 8.24. The van der Waals surface area contributed by atoms with Gasteiger partial charge in [0.05, 0.1) is 12.7 Å². The summed E-state index contributed by atoms with van der Waals surface area (Å²) in [6.07, 6.45) is 4.80. The molecule has 5 rings (SSSR count). The van der Waals surface area contributed by atoms with Crippen molar-refractivity contribution in [1.29, 1.82) is 0 Å². The Morgan fingerprint density at radius 1 is 0.977 bits per heavy atom. The van der Waals surface area contributed by atoms with Gasteiger partial charge in [0.2, 0.25) is 5.91 Å². The molecule has 4 N–H and O–H groups in total. The number of nitrogens with two attached hydrogens (primary N) is 1. The number of benzene rings is 3. The number of likely N-dealkylation sites (tertiary alicyclic amines) is 1. The molecule has 3 aromatic carbocycles. The van der Waals surface area contributed by atoms with Crippen LogP contribution in [-0.4, -0.2) is 47.5 Å². The van der Waals surface area contributed by atoms with Crippen molar-refractivity contribution in [3.8, 4) is 11.5 Å². The highest BCUT2D eigenvalue weighted by molar-refractivity contribution is 5.96. The zero-order chi connectivity index (χ0) is 31.1. The Morgan fingerprint density at radius 3 is 2.55 bits per heavy atom. The van der Waals surface area contributed by atoms with Crippen molar-refractivity contribution >= 4 is 34.1 Å². The van der Waals surface area contributed by atoms with Gasteiger partial charge in [-0.2, -0.15) is 0 Å². The van der Waals surface area contributed by atoms with E-state index < -0.39 is 6.04 Å². The van der Waals surface area contributed by atoms with Crippen LogP contribution in [0, 0.1) is 0 Å². The number of rotatable bonds is 11. The Morgan fingerprint density at radius 2 is 1.77 bits per heavy atom. The van der Waals surface area contributed by atoms with Gasteiger partial charge in [-0.1, -0.05) is 24.3 Å². The zero-order valence-electron chi connectivity index (χ0n) is 25.6. The lowest BCUT2D eigenvalue weighted by molar-refractivity contribution is -0.122. The van der Waals surface area contributed by atoms with Crippen LogP contribution < -0.4 is 25.8 Å². The molecule has 2 heterocycles. The minimum absolute atomic E-state index is 0.0104. The number of nitrogen functional groups attached to an aromatic ring is 1. The van der Waals surface area contributed by atoms with Gasteiger partial charge in [0.1, 0.15) is 11.9 Å². The van der Waals surface area contributed by atoms with Crippen molar-refractivity contribution in [2.24, 2.45) is 0 Å². The van der Waals surface area contributed by atoms with E-state index in [1.807, 2.05) is 92.4 Å². The van der Waals surface area contributed by atoms with E-state index in [-0.39, 0.29) is 24.5 Å². The molecule has 0 spiro atoms. The first-order valence-corrected chi connectivity index (χ1v) is 15.3. The van der Waals surface area contributed by atoms with Crippen LogP contribution in [0.3, 0.4) is 0 Å². The van der Waals surface area contributed by atoms with Crippen molar-refractivity contribution in [2.45, 2.75) is 58.7 Å². The second kappa shape index (κ2) is 14.1. The highest BCUT2D eigenvalue weighted by Crippen LogP contribution is 2.33. The molecule has 1 saturated heterocycles. The lowest BCUT2D eigenvalue weighted by atomic mass is 10.0. The van der Waals surface area contributed by atoms with Gasteiger partial charge in [-0.15, -0.1) is 0 Å². The third kappa shape index (κ3) is 7.22. The summed E-state index contributed by atoms with van der Waals surface area (Å²) in [6.45, 7) is 8.00. The Bertz CT molecular complexity index is 1620. The number of anilines is 2. The maximum absolute atomic E-state index is 14.0. The second-order valence-electron chi connectivity index (χ2n) is 11.2. The van der Waals surface area contributed by atoms with Crippen LogP contribution in [0.25, 0.3) is 10.8 Å². The Kier molecular flexibility index (Phi) is 9.84. The van der Waals surface area contributed by atoms with Crippen LogP contribution in [0.2, 0.25) is 0 Å². The fourth-order valence-corrected chi connectivity index (χ4v) is 5.52. The van der Waals surface area contributed by atoms with Crippen LogP contribution in [-0.2, 0) is 11.3 Å². The number of nitrogens with zero attached hydrogens (tertiary/aromatic N) is 2. The van der Waals surface area contributed by atoms with Crippen LogP contribution in [0.4, 0.5) is 11.5 Å². The van der Waals surface area contributed by atoms with E-state index in [0.29, 0.717) is 35.1 Å². The van der Waals surface area contributed by atoms with Crippen molar-refractivity contribution in [3.63, 3.8) is 0 Å². The smallest absolute Gasteiger partial charge is 0.254 e. The molecule has 1 unspecified atom stereocenters. The average Bonchev–Trinajstić information content (AvgIpc) is 3.03. The topological polar surface area (TPSA) is 119 Å². The molecule has 1 aromatic heterocycles. The first-order valence-electron chi connectivity index (χ1n) is 15.3. The molecular weight excluding hydrogens is 554 g/mol. The molecule has 1 aliphatic heterocycles. The minimum Gasteiger partial charge on any atom is -0.490 e. The zero-order valence-corrected chi connectivity index (χ0v) is 25.6. The predicted octanol–water partition coefficient (Wildman–Crippen LogP) is 6.10. The van der Waals surface area contributed by atoms with Crippen LogP contribution in [0.5, 0.6) is 11.5 Å². The molecule has 2 amide bonds. The number of pyridine rings is 1. The van der Waals surface area contributed by atoms with Crippen molar-refractivity contribution in [1.82, 2.24) is 15.2 Å². The van der Waals surface area contributed by atoms with Crippen molar-refractivity contribution in [2.75, 3.05) is 30.7 Å². The highest BCUT2D eigenvalue weighted by Gasteiger charge is 2.25. The number of hydrogen-bond donors (Lipinski definition) is 3. The van der Waals surface area contributed by atoms with Gasteiger partial charge in [0.15, 0.2) is 11.5 Å². The molecule has 0 aliphatic carbocycles. The molecule has 9 nitrogen and oxygen atoms in total. The summed E-state index contributed by atoms with van der Waals surface area (Å²) >= 11 is 0. The van der Waals surface area contributed by atoms with Gasteiger partial charge in [0, 0.05) is 42.5 Å². The minimum atomic E-state index is -0.774. The molecule has 1 aliphatic rings. The normalized spacial score (nSPS) is 13.9. The van der Waals surface area contributed by atoms with E-state index in [2.05, 4.69) is 15.6 Å². The number of amides is 2. The molecule has 0 bridgehead atoms. The Labute approximate surface area is 258 Å². The molecule has 230 valence electrons. The largest absolute Gasteiger partial charge is 0.490 e. The molecular formula is C35H41N5O4. The summed E-state index contributed by atoms with van der Waals surface area (Å²) < 4.78 is 11.9. The number of hydrogen-bond acceptors (Lipinski definition) is 7. The van der Waals surface area contributed by atoms with E-state index in [9.17, 15) is 9.59 Å². The monoisotopic (exact) mass is 595 g/mol. The van der Waals surface area contributed by atoms with E-state index in [1.54, 1.807) is 6.20 Å². The van der Waals surface area contributed by atoms with Crippen LogP contribution >= 0.6 is 0 Å². The summed E-state index contributed by atoms with van der Waals surface area (Å²) in [7, 11) is 0. The molecule has 0 radical (unpaired) electrons. The fourth-order valence-electron chi connectivity index (χ4n) is 5.52. The highest BCUT2D eigenvalue weighted by atomic mass is 16.5. The van der Waals surface area contributed by atoms with Crippen LogP contribution in [0.15, 0.2) is 72.9 Å². The molecule has 4 aromatic rings. The van der Waals surface area contributed by atoms with Crippen molar-refractivity contribution < 1.29 is 19.1 Å². The van der Waals surface area contributed by atoms with Gasteiger partial charge < -0.3 is 30.7 Å². The van der Waals surface area contributed by atoms with E-state index in [4.69, 9.17) is 15.2 Å².